The summed E-state index contributed by atoms with van der Waals surface area (Å²) in [4.78, 5) is 38.1. The standard InChI is InChI=1S/C18H18ClN3O3S/c1-3-11(2)20-15(23)10-21-14-8-9-26-16(14)17(24)22(18(21)25)13-6-4-12(19)5-7-13/h4-9,11H,3,10H2,1-2H3,(H,20,23)/t11-/m1/s1. The second kappa shape index (κ2) is 7.47. The van der Waals surface area contributed by atoms with Crippen LogP contribution in [0.2, 0.25) is 5.02 Å². The molecule has 6 nitrogen and oxygen atoms in total. The van der Waals surface area contributed by atoms with Crippen molar-refractivity contribution in [1.82, 2.24) is 14.5 Å². The first-order valence-electron chi connectivity index (χ1n) is 8.20. The third-order valence-electron chi connectivity index (χ3n) is 4.16. The van der Waals surface area contributed by atoms with E-state index in [1.165, 1.54) is 15.9 Å². The van der Waals surface area contributed by atoms with E-state index >= 15 is 0 Å². The maximum absolute atomic E-state index is 13.0. The van der Waals surface area contributed by atoms with E-state index in [2.05, 4.69) is 5.32 Å². The maximum Gasteiger partial charge on any atom is 0.336 e. The van der Waals surface area contributed by atoms with Crippen molar-refractivity contribution in [3.63, 3.8) is 0 Å². The van der Waals surface area contributed by atoms with Gasteiger partial charge in [0.1, 0.15) is 11.2 Å². The number of carbonyl (C=O) groups excluding carboxylic acids is 1. The van der Waals surface area contributed by atoms with Gasteiger partial charge in [0.2, 0.25) is 5.91 Å². The van der Waals surface area contributed by atoms with Gasteiger partial charge in [-0.3, -0.25) is 14.2 Å². The summed E-state index contributed by atoms with van der Waals surface area (Å²) in [5, 5.41) is 5.09. The fraction of sp³-hybridized carbons (Fsp3) is 0.278. The molecule has 1 amide bonds. The van der Waals surface area contributed by atoms with Crippen molar-refractivity contribution in [2.45, 2.75) is 32.9 Å². The van der Waals surface area contributed by atoms with Gasteiger partial charge < -0.3 is 5.32 Å². The zero-order chi connectivity index (χ0) is 18.8. The molecule has 0 fully saturated rings. The van der Waals surface area contributed by atoms with Gasteiger partial charge in [0.25, 0.3) is 5.56 Å². The van der Waals surface area contributed by atoms with E-state index in [4.69, 9.17) is 11.6 Å². The third-order valence-corrected chi connectivity index (χ3v) is 5.30. The fourth-order valence-electron chi connectivity index (χ4n) is 2.62. The Morgan fingerprint density at radius 3 is 2.58 bits per heavy atom. The highest BCUT2D eigenvalue weighted by atomic mass is 35.5. The monoisotopic (exact) mass is 391 g/mol. The summed E-state index contributed by atoms with van der Waals surface area (Å²) in [5.74, 6) is -0.268. The largest absolute Gasteiger partial charge is 0.352 e. The summed E-state index contributed by atoms with van der Waals surface area (Å²) in [6, 6.07) is 8.13. The molecule has 8 heteroatoms. The lowest BCUT2D eigenvalue weighted by Gasteiger charge is -2.14. The summed E-state index contributed by atoms with van der Waals surface area (Å²) in [7, 11) is 0. The van der Waals surface area contributed by atoms with E-state index in [-0.39, 0.29) is 18.5 Å². The summed E-state index contributed by atoms with van der Waals surface area (Å²) in [5.41, 5.74) is -0.0752. The van der Waals surface area contributed by atoms with Crippen LogP contribution in [0.5, 0.6) is 0 Å². The summed E-state index contributed by atoms with van der Waals surface area (Å²) in [6.07, 6.45) is 0.790. The van der Waals surface area contributed by atoms with Crippen molar-refractivity contribution in [2.24, 2.45) is 0 Å². The van der Waals surface area contributed by atoms with Crippen molar-refractivity contribution in [3.05, 3.63) is 61.6 Å². The molecule has 2 aromatic heterocycles. The van der Waals surface area contributed by atoms with Crippen molar-refractivity contribution in [2.75, 3.05) is 0 Å². The van der Waals surface area contributed by atoms with E-state index in [1.807, 2.05) is 13.8 Å². The van der Waals surface area contributed by atoms with Crippen LogP contribution in [0.1, 0.15) is 20.3 Å². The Labute approximate surface area is 158 Å². The number of amides is 1. The minimum absolute atomic E-state index is 0.0123. The van der Waals surface area contributed by atoms with Crippen LogP contribution >= 0.6 is 22.9 Å². The second-order valence-electron chi connectivity index (χ2n) is 6.00. The number of rotatable bonds is 5. The van der Waals surface area contributed by atoms with Crippen LogP contribution in [0, 0.1) is 0 Å². The molecule has 1 atom stereocenters. The highest BCUT2D eigenvalue weighted by Gasteiger charge is 2.18. The van der Waals surface area contributed by atoms with Gasteiger partial charge in [-0.05, 0) is 49.1 Å². The fourth-order valence-corrected chi connectivity index (χ4v) is 3.57. The van der Waals surface area contributed by atoms with Crippen LogP contribution in [-0.2, 0) is 11.3 Å². The quantitative estimate of drug-likeness (QED) is 0.726. The summed E-state index contributed by atoms with van der Waals surface area (Å²) in [6.45, 7) is 3.72. The molecule has 26 heavy (non-hydrogen) atoms. The number of nitrogens with one attached hydrogen (secondary N) is 1. The zero-order valence-electron chi connectivity index (χ0n) is 14.4. The predicted octanol–water partition coefficient (Wildman–Crippen LogP) is 2.78. The average molecular weight is 392 g/mol. The maximum atomic E-state index is 13.0. The lowest BCUT2D eigenvalue weighted by molar-refractivity contribution is -0.122. The molecule has 0 radical (unpaired) electrons. The molecular formula is C18H18ClN3O3S. The first kappa shape index (κ1) is 18.4. The van der Waals surface area contributed by atoms with Crippen molar-refractivity contribution in [1.29, 1.82) is 0 Å². The van der Waals surface area contributed by atoms with Crippen molar-refractivity contribution in [3.8, 4) is 5.69 Å². The number of benzene rings is 1. The molecule has 3 rings (SSSR count). The van der Waals surface area contributed by atoms with E-state index in [0.29, 0.717) is 20.9 Å². The van der Waals surface area contributed by atoms with Crippen LogP contribution < -0.4 is 16.6 Å². The van der Waals surface area contributed by atoms with E-state index in [9.17, 15) is 14.4 Å². The lowest BCUT2D eigenvalue weighted by Crippen LogP contribution is -2.42. The third kappa shape index (κ3) is 3.45. The predicted molar refractivity (Wildman–Crippen MR) is 105 cm³/mol. The smallest absolute Gasteiger partial charge is 0.336 e. The number of aromatic nitrogens is 2. The van der Waals surface area contributed by atoms with Gasteiger partial charge in [0, 0.05) is 11.1 Å². The van der Waals surface area contributed by atoms with E-state index in [0.717, 1.165) is 11.0 Å². The highest BCUT2D eigenvalue weighted by molar-refractivity contribution is 7.17. The molecule has 0 saturated heterocycles. The number of hydrogen-bond donors (Lipinski definition) is 1. The molecule has 0 aliphatic heterocycles. The van der Waals surface area contributed by atoms with Crippen LogP contribution in [0.25, 0.3) is 15.9 Å². The van der Waals surface area contributed by atoms with Crippen LogP contribution in [0.4, 0.5) is 0 Å². The number of carbonyl (C=O) groups is 1. The Balaban J connectivity index is 2.16. The molecule has 0 bridgehead atoms. The van der Waals surface area contributed by atoms with Crippen molar-refractivity contribution < 1.29 is 4.79 Å². The molecular weight excluding hydrogens is 374 g/mol. The molecule has 0 spiro atoms. The molecule has 2 heterocycles. The number of fused-ring (bicyclic) bond motifs is 1. The van der Waals surface area contributed by atoms with Gasteiger partial charge >= 0.3 is 5.69 Å². The number of halogens is 1. The van der Waals surface area contributed by atoms with E-state index < -0.39 is 11.2 Å². The van der Waals surface area contributed by atoms with Gasteiger partial charge in [0.15, 0.2) is 0 Å². The zero-order valence-corrected chi connectivity index (χ0v) is 15.9. The molecule has 1 aromatic carbocycles. The topological polar surface area (TPSA) is 73.1 Å². The average Bonchev–Trinajstić information content (AvgIpc) is 3.10. The molecule has 0 aliphatic carbocycles. The number of nitrogens with zero attached hydrogens (tertiary/aromatic N) is 2. The van der Waals surface area contributed by atoms with Gasteiger partial charge in [-0.25, -0.2) is 9.36 Å². The molecule has 1 N–H and O–H groups in total. The molecule has 0 unspecified atom stereocenters. The Morgan fingerprint density at radius 2 is 1.92 bits per heavy atom. The van der Waals surface area contributed by atoms with Gasteiger partial charge in [0.05, 0.1) is 11.2 Å². The molecule has 3 aromatic rings. The van der Waals surface area contributed by atoms with Crippen molar-refractivity contribution >= 4 is 39.1 Å². The number of thiophene rings is 1. The Hall–Kier alpha value is -2.38. The summed E-state index contributed by atoms with van der Waals surface area (Å²) >= 11 is 7.14. The van der Waals surface area contributed by atoms with Crippen LogP contribution in [0.3, 0.4) is 0 Å². The highest BCUT2D eigenvalue weighted by Crippen LogP contribution is 2.17. The van der Waals surface area contributed by atoms with Gasteiger partial charge in [-0.15, -0.1) is 11.3 Å². The second-order valence-corrected chi connectivity index (χ2v) is 7.35. The molecule has 136 valence electrons. The first-order chi connectivity index (χ1) is 12.4. The molecule has 0 aliphatic rings. The van der Waals surface area contributed by atoms with Crippen LogP contribution in [-0.4, -0.2) is 21.1 Å². The van der Waals surface area contributed by atoms with E-state index in [1.54, 1.807) is 35.7 Å². The lowest BCUT2D eigenvalue weighted by atomic mass is 10.2. The van der Waals surface area contributed by atoms with Crippen LogP contribution in [0.15, 0.2) is 45.3 Å². The Kier molecular flexibility index (Phi) is 5.29. The number of hydrogen-bond acceptors (Lipinski definition) is 4. The minimum atomic E-state index is -0.553. The molecule has 0 saturated carbocycles. The minimum Gasteiger partial charge on any atom is -0.352 e. The Bertz CT molecular complexity index is 1070. The first-order valence-corrected chi connectivity index (χ1v) is 9.46. The Morgan fingerprint density at radius 1 is 1.23 bits per heavy atom. The SMILES string of the molecule is CC[C@@H](C)NC(=O)Cn1c(=O)n(-c2ccc(Cl)cc2)c(=O)c2sccc21. The summed E-state index contributed by atoms with van der Waals surface area (Å²) < 4.78 is 2.83. The van der Waals surface area contributed by atoms with Gasteiger partial charge in [-0.1, -0.05) is 18.5 Å². The van der Waals surface area contributed by atoms with Gasteiger partial charge in [-0.2, -0.15) is 0 Å². The normalized spacial score (nSPS) is 12.3.